The van der Waals surface area contributed by atoms with Crippen molar-refractivity contribution >= 4 is 19.4 Å². The van der Waals surface area contributed by atoms with E-state index in [1.54, 1.807) is 0 Å². The van der Waals surface area contributed by atoms with E-state index in [-0.39, 0.29) is 24.2 Å². The molecule has 0 bridgehead atoms. The lowest BCUT2D eigenvalue weighted by Crippen LogP contribution is -2.38. The molecule has 6 aromatic carbocycles. The lowest BCUT2D eigenvalue weighted by Gasteiger charge is -2.35. The van der Waals surface area contributed by atoms with Gasteiger partial charge in [-0.25, -0.2) is 9.83 Å². The SMILES string of the molecule is c1ccc(CN2CCN3C2=N[P@]2(=N[C@@H](c4ccccc4)[C@@H]3c3ccccc3)N=C3N(Cc4ccccc4)CCN3[C@@H](c3ccccc3)[C@H](c3ccccc3)N2)cc1. The topological polar surface area (TPSA) is 62.1 Å². The van der Waals surface area contributed by atoms with E-state index in [0.717, 1.165) is 56.8 Å². The first-order valence-electron chi connectivity index (χ1n) is 20.1. The number of nitrogens with zero attached hydrogens (tertiary/aromatic N) is 7. The Labute approximate surface area is 336 Å². The molecule has 2 saturated heterocycles. The van der Waals surface area contributed by atoms with Crippen LogP contribution in [0.15, 0.2) is 196 Å². The van der Waals surface area contributed by atoms with Crippen LogP contribution in [-0.4, -0.2) is 57.7 Å². The number of hydrogen-bond donors (Lipinski definition) is 1. The summed E-state index contributed by atoms with van der Waals surface area (Å²) in [5.74, 6) is 1.92. The molecule has 0 radical (unpaired) electrons. The van der Waals surface area contributed by atoms with Gasteiger partial charge in [-0.2, -0.15) is 9.53 Å². The average Bonchev–Trinajstić information content (AvgIpc) is 3.75. The number of hydrogen-bond acceptors (Lipinski definition) is 8. The molecule has 284 valence electrons. The third-order valence-corrected chi connectivity index (χ3v) is 13.8. The van der Waals surface area contributed by atoms with E-state index in [4.69, 9.17) is 14.3 Å². The van der Waals surface area contributed by atoms with Crippen LogP contribution in [0.2, 0.25) is 0 Å². The molecular formula is C48H47N8P. The van der Waals surface area contributed by atoms with Crippen molar-refractivity contribution in [3.8, 4) is 0 Å². The summed E-state index contributed by atoms with van der Waals surface area (Å²) < 4.78 is 18.1. The van der Waals surface area contributed by atoms with Crippen molar-refractivity contribution in [1.29, 1.82) is 0 Å². The predicted molar refractivity (Wildman–Crippen MR) is 231 cm³/mol. The van der Waals surface area contributed by atoms with Gasteiger partial charge in [0.05, 0.1) is 18.1 Å². The van der Waals surface area contributed by atoms with Gasteiger partial charge in [-0.05, 0) is 33.4 Å². The molecule has 1 N–H and O–H groups in total. The molecule has 0 unspecified atom stereocenters. The molecule has 9 heteroatoms. The second kappa shape index (κ2) is 15.5. The van der Waals surface area contributed by atoms with E-state index in [0.29, 0.717) is 0 Å². The molecule has 0 amide bonds. The van der Waals surface area contributed by atoms with Crippen molar-refractivity contribution in [2.75, 3.05) is 26.2 Å². The third-order valence-electron chi connectivity index (χ3n) is 11.7. The summed E-state index contributed by atoms with van der Waals surface area (Å²) in [7, 11) is -3.17. The van der Waals surface area contributed by atoms with Crippen molar-refractivity contribution in [1.82, 2.24) is 24.7 Å². The largest absolute Gasteiger partial charge is 0.336 e. The number of benzene rings is 6. The van der Waals surface area contributed by atoms with E-state index >= 15 is 0 Å². The second-order valence-electron chi connectivity index (χ2n) is 15.3. The van der Waals surface area contributed by atoms with Gasteiger partial charge in [0.2, 0.25) is 11.9 Å². The Bertz CT molecular complexity index is 2390. The van der Waals surface area contributed by atoms with Gasteiger partial charge in [0.25, 0.3) is 7.51 Å². The lowest BCUT2D eigenvalue weighted by molar-refractivity contribution is 0.291. The highest BCUT2D eigenvalue weighted by atomic mass is 31.2. The fourth-order valence-corrected chi connectivity index (χ4v) is 11.6. The van der Waals surface area contributed by atoms with Gasteiger partial charge < -0.3 is 19.6 Å². The molecule has 10 rings (SSSR count). The fourth-order valence-electron chi connectivity index (χ4n) is 9.01. The third kappa shape index (κ3) is 7.05. The Kier molecular flexibility index (Phi) is 9.66. The van der Waals surface area contributed by atoms with E-state index < -0.39 is 7.51 Å². The quantitative estimate of drug-likeness (QED) is 0.156. The van der Waals surface area contributed by atoms with Gasteiger partial charge in [-0.15, -0.1) is 0 Å². The average molecular weight is 767 g/mol. The predicted octanol–water partition coefficient (Wildman–Crippen LogP) is 9.86. The molecule has 4 heterocycles. The molecule has 0 aliphatic carbocycles. The second-order valence-corrected chi connectivity index (χ2v) is 17.3. The first-order chi connectivity index (χ1) is 28.2. The molecule has 4 aliphatic heterocycles. The smallest absolute Gasteiger partial charge is 0.260 e. The number of fused-ring (bicyclic) bond motifs is 2. The molecular weight excluding hydrogens is 720 g/mol. The summed E-state index contributed by atoms with van der Waals surface area (Å²) in [4.78, 5) is 9.99. The van der Waals surface area contributed by atoms with Gasteiger partial charge in [0.15, 0.2) is 0 Å². The van der Waals surface area contributed by atoms with Crippen molar-refractivity contribution in [3.63, 3.8) is 0 Å². The maximum Gasteiger partial charge on any atom is 0.260 e. The zero-order chi connectivity index (χ0) is 38.0. The Morgan fingerprint density at radius 2 is 0.825 bits per heavy atom. The van der Waals surface area contributed by atoms with Gasteiger partial charge in [-0.3, -0.25) is 0 Å². The minimum Gasteiger partial charge on any atom is -0.336 e. The number of nitrogens with one attached hydrogen (secondary N) is 1. The highest BCUT2D eigenvalue weighted by Gasteiger charge is 2.48. The Morgan fingerprint density at radius 3 is 1.30 bits per heavy atom. The molecule has 8 nitrogen and oxygen atoms in total. The van der Waals surface area contributed by atoms with Gasteiger partial charge in [-0.1, -0.05) is 182 Å². The summed E-state index contributed by atoms with van der Waals surface area (Å²) >= 11 is 0. The lowest BCUT2D eigenvalue weighted by atomic mass is 9.93. The molecule has 4 aliphatic rings. The zero-order valence-corrected chi connectivity index (χ0v) is 32.8. The molecule has 57 heavy (non-hydrogen) atoms. The van der Waals surface area contributed by atoms with Crippen LogP contribution in [-0.2, 0) is 13.1 Å². The van der Waals surface area contributed by atoms with Crippen LogP contribution >= 0.6 is 7.51 Å². The van der Waals surface area contributed by atoms with Crippen molar-refractivity contribution in [2.45, 2.75) is 37.3 Å². The normalized spacial score (nSPS) is 24.2. The minimum atomic E-state index is -3.17. The Balaban J connectivity index is 1.24. The van der Waals surface area contributed by atoms with Gasteiger partial charge >= 0.3 is 0 Å². The van der Waals surface area contributed by atoms with Crippen LogP contribution in [0.1, 0.15) is 57.5 Å². The highest BCUT2D eigenvalue weighted by Crippen LogP contribution is 2.61. The summed E-state index contributed by atoms with van der Waals surface area (Å²) in [6.07, 6.45) is 0. The molecule has 0 saturated carbocycles. The van der Waals surface area contributed by atoms with Gasteiger partial charge in [0.1, 0.15) is 6.04 Å². The summed E-state index contributed by atoms with van der Waals surface area (Å²) in [5.41, 5.74) is 7.34. The molecule has 0 aromatic heterocycles. The minimum absolute atomic E-state index is 0.0497. The van der Waals surface area contributed by atoms with Crippen LogP contribution in [0.3, 0.4) is 0 Å². The van der Waals surface area contributed by atoms with Crippen molar-refractivity contribution in [2.24, 2.45) is 14.3 Å². The van der Waals surface area contributed by atoms with Crippen LogP contribution in [0.25, 0.3) is 0 Å². The standard InChI is InChI=1S/C48H47N8P/c1-7-19-37(20-8-1)35-53-31-33-55-45(41-27-15-5-16-28-41)43(39-23-11-3-12-24-39)49-57(51-47(53)55)50-44(40-25-13-4-14-26-40)46(42-29-17-6-18-30-42)56-34-32-54(48(56)52-57)36-38-21-9-2-10-22-38/h1-30,43-46,49H,31-36H2/t43-,44-,45-,46-,57+/m0/s1. The summed E-state index contributed by atoms with van der Waals surface area (Å²) in [6, 6.07) is 64.7. The molecule has 6 aromatic rings. The maximum absolute atomic E-state index is 6.09. The summed E-state index contributed by atoms with van der Waals surface area (Å²) in [5, 5.41) is 4.27. The number of rotatable bonds is 8. The zero-order valence-electron chi connectivity index (χ0n) is 32.0. The maximum atomic E-state index is 6.09. The highest BCUT2D eigenvalue weighted by molar-refractivity contribution is 7.62. The van der Waals surface area contributed by atoms with E-state index in [9.17, 15) is 0 Å². The van der Waals surface area contributed by atoms with E-state index in [1.807, 2.05) is 0 Å². The fraction of sp³-hybridized carbons (Fsp3) is 0.208. The van der Waals surface area contributed by atoms with Crippen LogP contribution in [0.5, 0.6) is 0 Å². The monoisotopic (exact) mass is 766 g/mol. The Morgan fingerprint density at radius 1 is 0.439 bits per heavy atom. The number of guanidine groups is 2. The first kappa shape index (κ1) is 35.5. The summed E-state index contributed by atoms with van der Waals surface area (Å²) in [6.45, 7) is 4.90. The van der Waals surface area contributed by atoms with Gasteiger partial charge in [0, 0.05) is 39.3 Å². The van der Waals surface area contributed by atoms with Crippen molar-refractivity contribution < 1.29 is 0 Å². The molecule has 1 spiro atoms. The van der Waals surface area contributed by atoms with E-state index in [2.05, 4.69) is 207 Å². The van der Waals surface area contributed by atoms with Crippen LogP contribution in [0, 0.1) is 0 Å². The molecule has 2 fully saturated rings. The Hall–Kier alpha value is -5.95. The van der Waals surface area contributed by atoms with E-state index in [1.165, 1.54) is 27.8 Å². The van der Waals surface area contributed by atoms with Crippen LogP contribution in [0.4, 0.5) is 0 Å². The van der Waals surface area contributed by atoms with Crippen molar-refractivity contribution in [3.05, 3.63) is 215 Å². The molecule has 5 atom stereocenters. The van der Waals surface area contributed by atoms with Crippen LogP contribution < -0.4 is 5.09 Å². The first-order valence-corrected chi connectivity index (χ1v) is 21.8.